The highest BCUT2D eigenvalue weighted by molar-refractivity contribution is 5.97. The van der Waals surface area contributed by atoms with Gasteiger partial charge in [-0.25, -0.2) is 4.98 Å². The van der Waals surface area contributed by atoms with Crippen molar-refractivity contribution in [3.05, 3.63) is 18.0 Å². The highest BCUT2D eigenvalue weighted by Gasteiger charge is 2.12. The molecule has 0 radical (unpaired) electrons. The van der Waals surface area contributed by atoms with E-state index in [-0.39, 0.29) is 11.4 Å². The first-order chi connectivity index (χ1) is 6.72. The summed E-state index contributed by atoms with van der Waals surface area (Å²) in [5, 5.41) is 0. The van der Waals surface area contributed by atoms with Crippen LogP contribution in [0.4, 0.5) is 0 Å². The number of aromatic amines is 1. The number of nitrogens with two attached hydrogens (primary N) is 1. The van der Waals surface area contributed by atoms with Crippen molar-refractivity contribution >= 4 is 17.1 Å². The van der Waals surface area contributed by atoms with Crippen molar-refractivity contribution in [2.24, 2.45) is 5.73 Å². The van der Waals surface area contributed by atoms with E-state index in [9.17, 15) is 4.79 Å². The first kappa shape index (κ1) is 8.49. The number of ether oxygens (including phenoxy) is 1. The number of carbonyl (C=O) groups is 1. The molecule has 2 rings (SSSR count). The summed E-state index contributed by atoms with van der Waals surface area (Å²) in [7, 11) is 1.42. The Kier molecular flexibility index (Phi) is 1.81. The normalized spacial score (nSPS) is 10.4. The maximum Gasteiger partial charge on any atom is 0.254 e. The Labute approximate surface area is 79.1 Å². The highest BCUT2D eigenvalue weighted by atomic mass is 16.5. The number of fused-ring (bicyclic) bond motifs is 1. The molecule has 0 aliphatic carbocycles. The number of imidazole rings is 1. The minimum Gasteiger partial charge on any atom is -0.480 e. The van der Waals surface area contributed by atoms with Gasteiger partial charge in [-0.15, -0.1) is 0 Å². The van der Waals surface area contributed by atoms with Crippen molar-refractivity contribution in [1.82, 2.24) is 15.0 Å². The molecule has 0 bridgehead atoms. The second-order valence-corrected chi connectivity index (χ2v) is 2.68. The van der Waals surface area contributed by atoms with E-state index in [1.54, 1.807) is 6.07 Å². The fraction of sp³-hybridized carbons (Fsp3) is 0.125. The van der Waals surface area contributed by atoms with Crippen LogP contribution in [0.3, 0.4) is 0 Å². The summed E-state index contributed by atoms with van der Waals surface area (Å²) in [6, 6.07) is 1.57. The fourth-order valence-corrected chi connectivity index (χ4v) is 1.19. The highest BCUT2D eigenvalue weighted by Crippen LogP contribution is 2.18. The molecule has 3 N–H and O–H groups in total. The average Bonchev–Trinajstić information content (AvgIpc) is 2.62. The average molecular weight is 192 g/mol. The predicted octanol–water partition coefficient (Wildman–Crippen LogP) is 0.0654. The van der Waals surface area contributed by atoms with Crippen molar-refractivity contribution < 1.29 is 9.53 Å². The van der Waals surface area contributed by atoms with E-state index in [2.05, 4.69) is 15.0 Å². The first-order valence-corrected chi connectivity index (χ1v) is 3.90. The number of primary amides is 1. The number of rotatable bonds is 2. The summed E-state index contributed by atoms with van der Waals surface area (Å²) in [5.41, 5.74) is 6.54. The van der Waals surface area contributed by atoms with Crippen LogP contribution in [0.15, 0.2) is 12.4 Å². The molecular formula is C8H8N4O2. The zero-order valence-corrected chi connectivity index (χ0v) is 7.44. The van der Waals surface area contributed by atoms with E-state index in [4.69, 9.17) is 10.5 Å². The van der Waals surface area contributed by atoms with Gasteiger partial charge in [0.15, 0.2) is 5.65 Å². The van der Waals surface area contributed by atoms with Crippen molar-refractivity contribution in [3.63, 3.8) is 0 Å². The molecule has 0 aliphatic heterocycles. The molecule has 0 unspecified atom stereocenters. The molecule has 2 aromatic heterocycles. The third-order valence-electron chi connectivity index (χ3n) is 1.83. The van der Waals surface area contributed by atoms with Gasteiger partial charge in [0.05, 0.1) is 19.0 Å². The number of nitrogens with one attached hydrogen (secondary N) is 1. The van der Waals surface area contributed by atoms with Gasteiger partial charge in [-0.1, -0.05) is 0 Å². The zero-order valence-electron chi connectivity index (χ0n) is 7.44. The largest absolute Gasteiger partial charge is 0.480 e. The summed E-state index contributed by atoms with van der Waals surface area (Å²) < 4.78 is 4.92. The molecule has 0 atom stereocenters. The third-order valence-corrected chi connectivity index (χ3v) is 1.83. The van der Waals surface area contributed by atoms with E-state index < -0.39 is 5.91 Å². The molecule has 1 amide bonds. The van der Waals surface area contributed by atoms with Gasteiger partial charge in [0.25, 0.3) is 5.91 Å². The molecule has 0 spiro atoms. The van der Waals surface area contributed by atoms with Gasteiger partial charge in [0, 0.05) is 0 Å². The van der Waals surface area contributed by atoms with Gasteiger partial charge < -0.3 is 15.5 Å². The van der Waals surface area contributed by atoms with Crippen LogP contribution in [0.1, 0.15) is 10.4 Å². The lowest BCUT2D eigenvalue weighted by Crippen LogP contribution is -2.13. The molecule has 0 aromatic carbocycles. The molecular weight excluding hydrogens is 184 g/mol. The van der Waals surface area contributed by atoms with E-state index in [0.29, 0.717) is 11.2 Å². The zero-order chi connectivity index (χ0) is 10.1. The number of carbonyl (C=O) groups excluding carboxylic acids is 1. The molecule has 0 saturated carbocycles. The van der Waals surface area contributed by atoms with Crippen LogP contribution in [0, 0.1) is 0 Å². The van der Waals surface area contributed by atoms with Crippen LogP contribution >= 0.6 is 0 Å². The monoisotopic (exact) mass is 192 g/mol. The van der Waals surface area contributed by atoms with Gasteiger partial charge in [0.2, 0.25) is 5.88 Å². The Hall–Kier alpha value is -2.11. The molecule has 72 valence electrons. The molecule has 0 aliphatic rings. The Bertz CT molecular complexity index is 491. The molecule has 6 heteroatoms. The summed E-state index contributed by atoms with van der Waals surface area (Å²) in [6.07, 6.45) is 1.49. The number of pyridine rings is 1. The van der Waals surface area contributed by atoms with E-state index in [1.807, 2.05) is 0 Å². The van der Waals surface area contributed by atoms with Gasteiger partial charge in [-0.2, -0.15) is 4.98 Å². The standard InChI is InChI=1S/C8H8N4O2/c1-14-8-4(6(9)13)2-5-7(12-8)11-3-10-5/h2-3H,1H3,(H2,9,13)(H,10,11,12). The molecule has 2 aromatic rings. The Morgan fingerprint density at radius 1 is 1.64 bits per heavy atom. The van der Waals surface area contributed by atoms with Gasteiger partial charge in [-0.05, 0) is 6.07 Å². The minimum atomic E-state index is -0.578. The SMILES string of the molecule is COc1nc2nc[nH]c2cc1C(N)=O. The summed E-state index contributed by atoms with van der Waals surface area (Å²) in [4.78, 5) is 21.8. The quantitative estimate of drug-likeness (QED) is 0.703. The number of nitrogens with zero attached hydrogens (tertiary/aromatic N) is 2. The lowest BCUT2D eigenvalue weighted by molar-refractivity contribution is 0.0997. The van der Waals surface area contributed by atoms with Crippen LogP contribution in [-0.2, 0) is 0 Å². The molecule has 2 heterocycles. The Balaban J connectivity index is 2.72. The van der Waals surface area contributed by atoms with Gasteiger partial charge in [0.1, 0.15) is 5.56 Å². The maximum absolute atomic E-state index is 11.0. The Morgan fingerprint density at radius 3 is 3.07 bits per heavy atom. The van der Waals surface area contributed by atoms with Crippen molar-refractivity contribution in [2.75, 3.05) is 7.11 Å². The fourth-order valence-electron chi connectivity index (χ4n) is 1.19. The number of methoxy groups -OCH3 is 1. The molecule has 0 saturated heterocycles. The molecule has 6 nitrogen and oxygen atoms in total. The topological polar surface area (TPSA) is 93.9 Å². The maximum atomic E-state index is 11.0. The number of aromatic nitrogens is 3. The van der Waals surface area contributed by atoms with Crippen LogP contribution in [0.2, 0.25) is 0 Å². The predicted molar refractivity (Wildman–Crippen MR) is 49.0 cm³/mol. The van der Waals surface area contributed by atoms with Gasteiger partial charge in [-0.3, -0.25) is 4.79 Å². The first-order valence-electron chi connectivity index (χ1n) is 3.90. The lowest BCUT2D eigenvalue weighted by Gasteiger charge is -2.02. The second-order valence-electron chi connectivity index (χ2n) is 2.68. The number of amides is 1. The second kappa shape index (κ2) is 2.99. The minimum absolute atomic E-state index is 0.192. The van der Waals surface area contributed by atoms with Crippen molar-refractivity contribution in [3.8, 4) is 5.88 Å². The van der Waals surface area contributed by atoms with Crippen LogP contribution in [-0.4, -0.2) is 28.0 Å². The van der Waals surface area contributed by atoms with E-state index in [1.165, 1.54) is 13.4 Å². The summed E-state index contributed by atoms with van der Waals surface area (Å²) >= 11 is 0. The van der Waals surface area contributed by atoms with E-state index in [0.717, 1.165) is 0 Å². The molecule has 14 heavy (non-hydrogen) atoms. The van der Waals surface area contributed by atoms with Crippen molar-refractivity contribution in [1.29, 1.82) is 0 Å². The number of H-pyrrole nitrogens is 1. The van der Waals surface area contributed by atoms with Gasteiger partial charge >= 0.3 is 0 Å². The van der Waals surface area contributed by atoms with E-state index >= 15 is 0 Å². The number of hydrogen-bond donors (Lipinski definition) is 2. The lowest BCUT2D eigenvalue weighted by atomic mass is 10.2. The third kappa shape index (κ3) is 1.17. The van der Waals surface area contributed by atoms with Crippen LogP contribution < -0.4 is 10.5 Å². The summed E-state index contributed by atoms with van der Waals surface area (Å²) in [5.74, 6) is -0.386. The summed E-state index contributed by atoms with van der Waals surface area (Å²) in [6.45, 7) is 0. The van der Waals surface area contributed by atoms with Crippen molar-refractivity contribution in [2.45, 2.75) is 0 Å². The Morgan fingerprint density at radius 2 is 2.43 bits per heavy atom. The van der Waals surface area contributed by atoms with Crippen LogP contribution in [0.25, 0.3) is 11.2 Å². The number of hydrogen-bond acceptors (Lipinski definition) is 4. The molecule has 0 fully saturated rings. The van der Waals surface area contributed by atoms with Crippen LogP contribution in [0.5, 0.6) is 5.88 Å². The smallest absolute Gasteiger partial charge is 0.254 e.